The van der Waals surface area contributed by atoms with Crippen LogP contribution in [0.3, 0.4) is 0 Å². The van der Waals surface area contributed by atoms with Gasteiger partial charge in [-0.05, 0) is 39.5 Å². The Morgan fingerprint density at radius 3 is 3.06 bits per heavy atom. The van der Waals surface area contributed by atoms with Gasteiger partial charge in [-0.1, -0.05) is 17.7 Å². The molecular weight excluding hydrogens is 234 g/mol. The van der Waals surface area contributed by atoms with Crippen molar-refractivity contribution in [2.75, 3.05) is 27.2 Å². The fourth-order valence-corrected chi connectivity index (χ4v) is 2.67. The van der Waals surface area contributed by atoms with Crippen molar-refractivity contribution in [3.8, 4) is 0 Å². The molecule has 1 aliphatic rings. The van der Waals surface area contributed by atoms with Crippen LogP contribution in [0.4, 0.5) is 0 Å². The lowest BCUT2D eigenvalue weighted by molar-refractivity contribution is 0.201. The number of likely N-dealkylation sites (N-methyl/N-ethyl adjacent to an activating group) is 1. The molecule has 0 aliphatic carbocycles. The summed E-state index contributed by atoms with van der Waals surface area (Å²) in [7, 11) is 4.26. The molecule has 1 aromatic heterocycles. The Kier molecular flexibility index (Phi) is 4.37. The summed E-state index contributed by atoms with van der Waals surface area (Å²) in [5.41, 5.74) is 1.14. The van der Waals surface area contributed by atoms with E-state index in [9.17, 15) is 0 Å². The Morgan fingerprint density at radius 2 is 2.35 bits per heavy atom. The second-order valence-electron chi connectivity index (χ2n) is 4.98. The highest BCUT2D eigenvalue weighted by Crippen LogP contribution is 2.22. The number of rotatable bonds is 4. The van der Waals surface area contributed by atoms with Gasteiger partial charge in [-0.3, -0.25) is 4.90 Å². The summed E-state index contributed by atoms with van der Waals surface area (Å²) in [6.07, 6.45) is 4.32. The van der Waals surface area contributed by atoms with Gasteiger partial charge in [0.25, 0.3) is 0 Å². The van der Waals surface area contributed by atoms with Gasteiger partial charge in [0.2, 0.25) is 0 Å². The van der Waals surface area contributed by atoms with Crippen LogP contribution in [0.25, 0.3) is 0 Å². The standard InChI is InChI=1S/C13H20ClN3/c1-16(2)10-12-6-4-8-17(12)9-11-5-3-7-15-13(11)14/h3,5,7,12H,4,6,8-10H2,1-2H3. The first-order valence-corrected chi connectivity index (χ1v) is 6.53. The van der Waals surface area contributed by atoms with Crippen molar-refractivity contribution in [3.63, 3.8) is 0 Å². The average molecular weight is 254 g/mol. The molecule has 1 unspecified atom stereocenters. The van der Waals surface area contributed by atoms with E-state index in [4.69, 9.17) is 11.6 Å². The van der Waals surface area contributed by atoms with Gasteiger partial charge < -0.3 is 4.90 Å². The van der Waals surface area contributed by atoms with Crippen molar-refractivity contribution in [2.24, 2.45) is 0 Å². The van der Waals surface area contributed by atoms with Gasteiger partial charge in [-0.2, -0.15) is 0 Å². The van der Waals surface area contributed by atoms with E-state index in [0.29, 0.717) is 11.2 Å². The van der Waals surface area contributed by atoms with Crippen molar-refractivity contribution >= 4 is 11.6 Å². The number of halogens is 1. The number of aromatic nitrogens is 1. The zero-order chi connectivity index (χ0) is 12.3. The van der Waals surface area contributed by atoms with Crippen LogP contribution < -0.4 is 0 Å². The number of hydrogen-bond acceptors (Lipinski definition) is 3. The molecule has 1 aromatic rings. The van der Waals surface area contributed by atoms with Gasteiger partial charge >= 0.3 is 0 Å². The molecule has 0 aromatic carbocycles. The molecule has 0 N–H and O–H groups in total. The minimum atomic E-state index is 0.642. The highest BCUT2D eigenvalue weighted by atomic mass is 35.5. The Morgan fingerprint density at radius 1 is 1.53 bits per heavy atom. The smallest absolute Gasteiger partial charge is 0.133 e. The SMILES string of the molecule is CN(C)CC1CCCN1Cc1cccnc1Cl. The topological polar surface area (TPSA) is 19.4 Å². The maximum absolute atomic E-state index is 6.11. The Bertz CT molecular complexity index is 367. The van der Waals surface area contributed by atoms with Gasteiger partial charge in [0.1, 0.15) is 5.15 Å². The minimum absolute atomic E-state index is 0.642. The van der Waals surface area contributed by atoms with Gasteiger partial charge in [-0.15, -0.1) is 0 Å². The van der Waals surface area contributed by atoms with E-state index in [1.807, 2.05) is 6.07 Å². The summed E-state index contributed by atoms with van der Waals surface area (Å²) in [5, 5.41) is 0.642. The first kappa shape index (κ1) is 12.8. The number of likely N-dealkylation sites (tertiary alicyclic amines) is 1. The lowest BCUT2D eigenvalue weighted by Gasteiger charge is -2.27. The van der Waals surface area contributed by atoms with Crippen molar-refractivity contribution in [1.82, 2.24) is 14.8 Å². The molecule has 94 valence electrons. The van der Waals surface area contributed by atoms with Crippen LogP contribution in [0.15, 0.2) is 18.3 Å². The second-order valence-corrected chi connectivity index (χ2v) is 5.34. The molecule has 2 rings (SSSR count). The molecule has 2 heterocycles. The number of nitrogens with zero attached hydrogens (tertiary/aromatic N) is 3. The average Bonchev–Trinajstić information content (AvgIpc) is 2.68. The van der Waals surface area contributed by atoms with Crippen LogP contribution in [0, 0.1) is 0 Å². The van der Waals surface area contributed by atoms with Crippen LogP contribution in [-0.2, 0) is 6.54 Å². The quantitative estimate of drug-likeness (QED) is 0.768. The van der Waals surface area contributed by atoms with Crippen LogP contribution in [0.2, 0.25) is 5.15 Å². The normalized spacial score (nSPS) is 21.3. The highest BCUT2D eigenvalue weighted by molar-refractivity contribution is 6.30. The fraction of sp³-hybridized carbons (Fsp3) is 0.615. The molecule has 4 heteroatoms. The van der Waals surface area contributed by atoms with Gasteiger partial charge in [0, 0.05) is 30.9 Å². The second kappa shape index (κ2) is 5.80. The predicted molar refractivity (Wildman–Crippen MR) is 71.2 cm³/mol. The molecule has 0 amide bonds. The van der Waals surface area contributed by atoms with Gasteiger partial charge in [0.15, 0.2) is 0 Å². The largest absolute Gasteiger partial charge is 0.308 e. The van der Waals surface area contributed by atoms with Gasteiger partial charge in [-0.25, -0.2) is 4.98 Å². The molecule has 0 bridgehead atoms. The fourth-order valence-electron chi connectivity index (χ4n) is 2.49. The van der Waals surface area contributed by atoms with E-state index in [-0.39, 0.29) is 0 Å². The molecule has 1 saturated heterocycles. The predicted octanol–water partition coefficient (Wildman–Crippen LogP) is 2.26. The summed E-state index contributed by atoms with van der Waals surface area (Å²) in [6, 6.07) is 4.68. The minimum Gasteiger partial charge on any atom is -0.308 e. The molecule has 1 fully saturated rings. The molecule has 1 atom stereocenters. The van der Waals surface area contributed by atoms with Crippen molar-refractivity contribution in [2.45, 2.75) is 25.4 Å². The third kappa shape index (κ3) is 3.41. The lowest BCUT2D eigenvalue weighted by Crippen LogP contribution is -2.37. The van der Waals surface area contributed by atoms with E-state index in [2.05, 4.69) is 34.9 Å². The monoisotopic (exact) mass is 253 g/mol. The van der Waals surface area contributed by atoms with Gasteiger partial charge in [0.05, 0.1) is 0 Å². The van der Waals surface area contributed by atoms with E-state index in [1.165, 1.54) is 19.4 Å². The van der Waals surface area contributed by atoms with E-state index < -0.39 is 0 Å². The van der Waals surface area contributed by atoms with E-state index >= 15 is 0 Å². The van der Waals surface area contributed by atoms with E-state index in [1.54, 1.807) is 6.20 Å². The highest BCUT2D eigenvalue weighted by Gasteiger charge is 2.25. The maximum atomic E-state index is 6.11. The number of pyridine rings is 1. The molecule has 0 radical (unpaired) electrons. The number of hydrogen-bond donors (Lipinski definition) is 0. The maximum Gasteiger partial charge on any atom is 0.133 e. The molecule has 1 aliphatic heterocycles. The third-order valence-electron chi connectivity index (χ3n) is 3.28. The zero-order valence-electron chi connectivity index (χ0n) is 10.6. The summed E-state index contributed by atoms with van der Waals surface area (Å²) in [4.78, 5) is 8.91. The summed E-state index contributed by atoms with van der Waals surface area (Å²) < 4.78 is 0. The molecule has 0 spiro atoms. The lowest BCUT2D eigenvalue weighted by atomic mass is 10.2. The third-order valence-corrected chi connectivity index (χ3v) is 3.63. The Labute approximate surface area is 108 Å². The molecule has 17 heavy (non-hydrogen) atoms. The first-order valence-electron chi connectivity index (χ1n) is 6.15. The van der Waals surface area contributed by atoms with Crippen molar-refractivity contribution in [3.05, 3.63) is 29.0 Å². The molecular formula is C13H20ClN3. The van der Waals surface area contributed by atoms with Crippen molar-refractivity contribution in [1.29, 1.82) is 0 Å². The van der Waals surface area contributed by atoms with Crippen LogP contribution in [0.5, 0.6) is 0 Å². The van der Waals surface area contributed by atoms with Crippen LogP contribution >= 0.6 is 11.6 Å². The summed E-state index contributed by atoms with van der Waals surface area (Å²) >= 11 is 6.11. The Balaban J connectivity index is 2.00. The summed E-state index contributed by atoms with van der Waals surface area (Å²) in [6.45, 7) is 3.22. The zero-order valence-corrected chi connectivity index (χ0v) is 11.3. The molecule has 0 saturated carbocycles. The Hall–Kier alpha value is -0.640. The van der Waals surface area contributed by atoms with E-state index in [0.717, 1.165) is 18.7 Å². The van der Waals surface area contributed by atoms with Crippen LogP contribution in [-0.4, -0.2) is 48.0 Å². The summed E-state index contributed by atoms with van der Waals surface area (Å²) in [5.74, 6) is 0. The van der Waals surface area contributed by atoms with Crippen molar-refractivity contribution < 1.29 is 0 Å². The molecule has 3 nitrogen and oxygen atoms in total. The van der Waals surface area contributed by atoms with Crippen LogP contribution in [0.1, 0.15) is 18.4 Å². The first-order chi connectivity index (χ1) is 8.16.